The smallest absolute Gasteiger partial charge is 0.0839 e. The van der Waals surface area contributed by atoms with Crippen LogP contribution in [0.1, 0.15) is 79.6 Å². The molecule has 1 nitrogen and oxygen atoms in total. The summed E-state index contributed by atoms with van der Waals surface area (Å²) in [5.41, 5.74) is 0.920. The van der Waals surface area contributed by atoms with Crippen molar-refractivity contribution in [2.24, 2.45) is 22.7 Å². The Morgan fingerprint density at radius 2 is 1.57 bits per heavy atom. The van der Waals surface area contributed by atoms with E-state index >= 15 is 0 Å². The Kier molecular flexibility index (Phi) is 3.41. The SMILES string of the molecule is C=C[C@]1(C)CC[C@H]2[C@]3(C)CCCC(C)(C)[C@H]3CC[C@]2(C)O1. The van der Waals surface area contributed by atoms with E-state index in [-0.39, 0.29) is 11.2 Å². The van der Waals surface area contributed by atoms with Crippen molar-refractivity contribution < 1.29 is 4.74 Å². The van der Waals surface area contributed by atoms with Crippen molar-refractivity contribution in [3.8, 4) is 0 Å². The predicted molar refractivity (Wildman–Crippen MR) is 89.3 cm³/mol. The van der Waals surface area contributed by atoms with Crippen LogP contribution in [0.15, 0.2) is 12.7 Å². The minimum absolute atomic E-state index is 0.0554. The summed E-state index contributed by atoms with van der Waals surface area (Å²) in [6, 6.07) is 0. The average Bonchev–Trinajstić information content (AvgIpc) is 2.36. The molecule has 3 aliphatic rings. The zero-order chi connectivity index (χ0) is 15.5. The van der Waals surface area contributed by atoms with Gasteiger partial charge in [-0.2, -0.15) is 0 Å². The summed E-state index contributed by atoms with van der Waals surface area (Å²) in [7, 11) is 0. The molecule has 5 atom stereocenters. The molecule has 3 fully saturated rings. The molecule has 0 N–H and O–H groups in total. The monoisotopic (exact) mass is 290 g/mol. The molecule has 0 amide bonds. The summed E-state index contributed by atoms with van der Waals surface area (Å²) in [6.45, 7) is 16.2. The van der Waals surface area contributed by atoms with Gasteiger partial charge in [0.05, 0.1) is 11.2 Å². The van der Waals surface area contributed by atoms with E-state index in [0.29, 0.717) is 10.8 Å². The lowest BCUT2D eigenvalue weighted by atomic mass is 9.44. The minimum atomic E-state index is -0.112. The van der Waals surface area contributed by atoms with Crippen LogP contribution in [-0.4, -0.2) is 11.2 Å². The van der Waals surface area contributed by atoms with Gasteiger partial charge in [-0.15, -0.1) is 6.58 Å². The molecule has 3 rings (SSSR count). The summed E-state index contributed by atoms with van der Waals surface area (Å²) in [5.74, 6) is 1.59. The molecule has 1 saturated heterocycles. The zero-order valence-corrected chi connectivity index (χ0v) is 14.8. The van der Waals surface area contributed by atoms with Crippen molar-refractivity contribution in [2.75, 3.05) is 0 Å². The lowest BCUT2D eigenvalue weighted by Gasteiger charge is -2.65. The summed E-state index contributed by atoms with van der Waals surface area (Å²) >= 11 is 0. The molecule has 21 heavy (non-hydrogen) atoms. The summed E-state index contributed by atoms with van der Waals surface area (Å²) in [4.78, 5) is 0. The maximum absolute atomic E-state index is 6.68. The summed E-state index contributed by atoms with van der Waals surface area (Å²) in [5, 5.41) is 0. The van der Waals surface area contributed by atoms with Crippen molar-refractivity contribution >= 4 is 0 Å². The Morgan fingerprint density at radius 3 is 2.24 bits per heavy atom. The standard InChI is InChI=1S/C20H34O/c1-7-18(4)13-9-16-19(5)12-8-11-17(2,3)15(19)10-14-20(16,6)21-18/h7,15-16H,1,8-14H2,2-6H3/t15-,16+,18-,19-,20+/m1/s1. The van der Waals surface area contributed by atoms with Gasteiger partial charge in [-0.1, -0.05) is 33.3 Å². The Morgan fingerprint density at radius 1 is 0.905 bits per heavy atom. The molecule has 1 aliphatic heterocycles. The van der Waals surface area contributed by atoms with Gasteiger partial charge in [-0.25, -0.2) is 0 Å². The lowest BCUT2D eigenvalue weighted by molar-refractivity contribution is -0.252. The van der Waals surface area contributed by atoms with E-state index in [1.807, 2.05) is 6.08 Å². The van der Waals surface area contributed by atoms with Gasteiger partial charge >= 0.3 is 0 Å². The first-order valence-corrected chi connectivity index (χ1v) is 8.99. The highest BCUT2D eigenvalue weighted by molar-refractivity contribution is 5.12. The Labute approximate surface area is 131 Å². The van der Waals surface area contributed by atoms with Gasteiger partial charge in [-0.05, 0) is 75.0 Å². The second-order valence-electron chi connectivity index (χ2n) is 9.46. The molecular weight excluding hydrogens is 256 g/mol. The molecule has 2 saturated carbocycles. The zero-order valence-electron chi connectivity index (χ0n) is 14.8. The third kappa shape index (κ3) is 2.22. The summed E-state index contributed by atoms with van der Waals surface area (Å²) < 4.78 is 6.68. The number of fused-ring (bicyclic) bond motifs is 3. The first kappa shape index (κ1) is 15.6. The van der Waals surface area contributed by atoms with Gasteiger partial charge in [-0.3, -0.25) is 0 Å². The lowest BCUT2D eigenvalue weighted by Crippen LogP contribution is -2.62. The van der Waals surface area contributed by atoms with E-state index in [2.05, 4.69) is 41.2 Å². The van der Waals surface area contributed by atoms with Gasteiger partial charge in [0, 0.05) is 0 Å². The molecule has 1 heterocycles. The Hall–Kier alpha value is -0.300. The van der Waals surface area contributed by atoms with Gasteiger partial charge in [0.25, 0.3) is 0 Å². The molecular formula is C20H34O. The fraction of sp³-hybridized carbons (Fsp3) is 0.900. The Bertz CT molecular complexity index is 439. The maximum Gasteiger partial charge on any atom is 0.0839 e. The molecule has 0 radical (unpaired) electrons. The molecule has 0 spiro atoms. The number of hydrogen-bond acceptors (Lipinski definition) is 1. The van der Waals surface area contributed by atoms with Crippen LogP contribution in [-0.2, 0) is 4.74 Å². The van der Waals surface area contributed by atoms with Crippen LogP contribution in [0, 0.1) is 22.7 Å². The van der Waals surface area contributed by atoms with Crippen LogP contribution in [0.3, 0.4) is 0 Å². The largest absolute Gasteiger partial charge is 0.365 e. The van der Waals surface area contributed by atoms with Crippen LogP contribution in [0.4, 0.5) is 0 Å². The van der Waals surface area contributed by atoms with Gasteiger partial charge < -0.3 is 4.74 Å². The third-order valence-corrected chi connectivity index (χ3v) is 7.57. The van der Waals surface area contributed by atoms with E-state index in [0.717, 1.165) is 18.3 Å². The molecule has 0 aromatic rings. The highest BCUT2D eigenvalue weighted by atomic mass is 16.5. The second-order valence-corrected chi connectivity index (χ2v) is 9.46. The van der Waals surface area contributed by atoms with E-state index < -0.39 is 0 Å². The minimum Gasteiger partial charge on any atom is -0.365 e. The second kappa shape index (κ2) is 4.60. The van der Waals surface area contributed by atoms with Crippen LogP contribution in [0.5, 0.6) is 0 Å². The van der Waals surface area contributed by atoms with E-state index in [4.69, 9.17) is 4.74 Å². The van der Waals surface area contributed by atoms with Gasteiger partial charge in [0.1, 0.15) is 0 Å². The fourth-order valence-electron chi connectivity index (χ4n) is 6.52. The fourth-order valence-corrected chi connectivity index (χ4v) is 6.52. The number of rotatable bonds is 1. The topological polar surface area (TPSA) is 9.23 Å². The maximum atomic E-state index is 6.68. The molecule has 0 bridgehead atoms. The predicted octanol–water partition coefficient (Wildman–Crippen LogP) is 5.74. The molecule has 2 aliphatic carbocycles. The normalized spacial score (nSPS) is 52.6. The molecule has 120 valence electrons. The van der Waals surface area contributed by atoms with Crippen LogP contribution < -0.4 is 0 Å². The first-order chi connectivity index (χ1) is 9.65. The van der Waals surface area contributed by atoms with Crippen molar-refractivity contribution in [2.45, 2.75) is 90.8 Å². The quantitative estimate of drug-likeness (QED) is 0.559. The Balaban J connectivity index is 1.94. The van der Waals surface area contributed by atoms with E-state index in [1.54, 1.807) is 0 Å². The molecule has 0 unspecified atom stereocenters. The van der Waals surface area contributed by atoms with E-state index in [9.17, 15) is 0 Å². The number of hydrogen-bond donors (Lipinski definition) is 0. The van der Waals surface area contributed by atoms with Crippen LogP contribution >= 0.6 is 0 Å². The average molecular weight is 290 g/mol. The molecule has 1 heteroatoms. The van der Waals surface area contributed by atoms with E-state index in [1.165, 1.54) is 38.5 Å². The van der Waals surface area contributed by atoms with Crippen molar-refractivity contribution in [3.63, 3.8) is 0 Å². The van der Waals surface area contributed by atoms with Crippen molar-refractivity contribution in [1.29, 1.82) is 0 Å². The molecule has 0 aromatic carbocycles. The van der Waals surface area contributed by atoms with Crippen LogP contribution in [0.25, 0.3) is 0 Å². The van der Waals surface area contributed by atoms with Gasteiger partial charge in [0.15, 0.2) is 0 Å². The highest BCUT2D eigenvalue weighted by Crippen LogP contribution is 2.65. The van der Waals surface area contributed by atoms with Gasteiger partial charge in [0.2, 0.25) is 0 Å². The first-order valence-electron chi connectivity index (χ1n) is 8.99. The third-order valence-electron chi connectivity index (χ3n) is 7.57. The molecule has 0 aromatic heterocycles. The van der Waals surface area contributed by atoms with Crippen molar-refractivity contribution in [1.82, 2.24) is 0 Å². The number of ether oxygens (including phenoxy) is 1. The highest BCUT2D eigenvalue weighted by Gasteiger charge is 2.61. The summed E-state index contributed by atoms with van der Waals surface area (Å²) in [6.07, 6.45) is 11.2. The van der Waals surface area contributed by atoms with Crippen LogP contribution in [0.2, 0.25) is 0 Å². The van der Waals surface area contributed by atoms with Crippen molar-refractivity contribution in [3.05, 3.63) is 12.7 Å².